The second kappa shape index (κ2) is 7.99. The van der Waals surface area contributed by atoms with Crippen LogP contribution in [-0.2, 0) is 0 Å². The summed E-state index contributed by atoms with van der Waals surface area (Å²) in [5.41, 5.74) is 2.03. The first-order valence-corrected chi connectivity index (χ1v) is 5.56. The summed E-state index contributed by atoms with van der Waals surface area (Å²) in [5, 5.41) is 0. The van der Waals surface area contributed by atoms with Crippen LogP contribution >= 0.6 is 12.2 Å². The van der Waals surface area contributed by atoms with Gasteiger partial charge in [-0.3, -0.25) is 0 Å². The average Bonchev–Trinajstić information content (AvgIpc) is 2.37. The van der Waals surface area contributed by atoms with Gasteiger partial charge in [0.15, 0.2) is 4.77 Å². The maximum Gasteiger partial charge on any atom is 0.197 e. The van der Waals surface area contributed by atoms with Gasteiger partial charge in [-0.25, -0.2) is 4.98 Å². The van der Waals surface area contributed by atoms with E-state index in [-0.39, 0.29) is 51.4 Å². The van der Waals surface area contributed by atoms with Gasteiger partial charge in [-0.1, -0.05) is 18.2 Å². The number of rotatable bonds is 3. The van der Waals surface area contributed by atoms with Crippen LogP contribution in [0.4, 0.5) is 0 Å². The van der Waals surface area contributed by atoms with Crippen LogP contribution in [0.5, 0.6) is 5.75 Å². The van der Waals surface area contributed by atoms with E-state index in [2.05, 4.69) is 9.97 Å². The standard InChI is InChI=1S/C13H12N2OS.K/c1-16-12-6-3-10(4-7-12)2-5-11-8-9-14-13(17)15-11;/h2-9H,1H3,(H,14,15,17);. The Labute approximate surface area is 154 Å². The van der Waals surface area contributed by atoms with E-state index in [0.29, 0.717) is 4.77 Å². The molecule has 0 amide bonds. The van der Waals surface area contributed by atoms with E-state index in [1.807, 2.05) is 42.5 Å². The molecule has 0 unspecified atom stereocenters. The Morgan fingerprint density at radius 1 is 1.17 bits per heavy atom. The predicted octanol–water partition coefficient (Wildman–Crippen LogP) is 2.94. The number of aromatic nitrogens is 2. The summed E-state index contributed by atoms with van der Waals surface area (Å²) in [6, 6.07) is 9.70. The first-order chi connectivity index (χ1) is 8.28. The number of H-pyrrole nitrogens is 1. The number of methoxy groups -OCH3 is 1. The van der Waals surface area contributed by atoms with Gasteiger partial charge in [0.05, 0.1) is 7.11 Å². The Kier molecular flexibility index (Phi) is 6.99. The van der Waals surface area contributed by atoms with Gasteiger partial charge >= 0.3 is 0 Å². The van der Waals surface area contributed by atoms with E-state index in [4.69, 9.17) is 17.0 Å². The topological polar surface area (TPSA) is 37.9 Å². The van der Waals surface area contributed by atoms with Crippen LogP contribution in [0, 0.1) is 4.77 Å². The molecule has 1 aromatic carbocycles. The summed E-state index contributed by atoms with van der Waals surface area (Å²) < 4.78 is 5.58. The quantitative estimate of drug-likeness (QED) is 0.695. The number of ether oxygens (including phenoxy) is 1. The fraction of sp³-hybridized carbons (Fsp3) is 0.0769. The Balaban J connectivity index is 0.00000162. The number of hydrogen-bond acceptors (Lipinski definition) is 3. The summed E-state index contributed by atoms with van der Waals surface area (Å²) in [6.07, 6.45) is 5.64. The molecule has 0 saturated heterocycles. The molecule has 1 radical (unpaired) electrons. The molecule has 0 aliphatic heterocycles. The van der Waals surface area contributed by atoms with Crippen molar-refractivity contribution >= 4 is 75.8 Å². The molecule has 0 spiro atoms. The number of hydrogen-bond donors (Lipinski definition) is 1. The van der Waals surface area contributed by atoms with E-state index in [1.54, 1.807) is 13.3 Å². The minimum atomic E-state index is 0. The van der Waals surface area contributed by atoms with Crippen LogP contribution < -0.4 is 4.74 Å². The first kappa shape index (κ1) is 15.8. The normalized spacial score (nSPS) is 10.1. The minimum Gasteiger partial charge on any atom is -0.497 e. The molecule has 2 rings (SSSR count). The maximum atomic E-state index is 5.10. The summed E-state index contributed by atoms with van der Waals surface area (Å²) in [7, 11) is 1.65. The number of nitrogens with one attached hydrogen (secondary N) is 1. The van der Waals surface area contributed by atoms with Gasteiger partial charge < -0.3 is 9.72 Å². The van der Waals surface area contributed by atoms with Crippen molar-refractivity contribution in [1.82, 2.24) is 9.97 Å². The van der Waals surface area contributed by atoms with E-state index in [0.717, 1.165) is 17.0 Å². The molecule has 87 valence electrons. The SMILES string of the molecule is COc1ccc(C=Cc2ccnc(=S)[nH]2)cc1.[K]. The summed E-state index contributed by atoms with van der Waals surface area (Å²) >= 11 is 4.95. The van der Waals surface area contributed by atoms with Crippen LogP contribution in [0.15, 0.2) is 36.5 Å². The molecule has 5 heteroatoms. The Morgan fingerprint density at radius 2 is 1.89 bits per heavy atom. The van der Waals surface area contributed by atoms with Gasteiger partial charge in [0.1, 0.15) is 5.75 Å². The van der Waals surface area contributed by atoms with Gasteiger partial charge in [-0.2, -0.15) is 0 Å². The second-order valence-corrected chi connectivity index (χ2v) is 3.82. The van der Waals surface area contributed by atoms with Crippen LogP contribution in [-0.4, -0.2) is 68.5 Å². The molecule has 1 aromatic heterocycles. The fourth-order valence-electron chi connectivity index (χ4n) is 1.38. The molecule has 0 atom stereocenters. The van der Waals surface area contributed by atoms with Crippen molar-refractivity contribution < 1.29 is 4.74 Å². The molecule has 1 heterocycles. The molecule has 0 aliphatic carbocycles. The molecule has 2 aromatic rings. The van der Waals surface area contributed by atoms with Crippen LogP contribution in [0.3, 0.4) is 0 Å². The van der Waals surface area contributed by atoms with E-state index >= 15 is 0 Å². The average molecular weight is 283 g/mol. The van der Waals surface area contributed by atoms with Crippen LogP contribution in [0.2, 0.25) is 0 Å². The second-order valence-electron chi connectivity index (χ2n) is 3.44. The van der Waals surface area contributed by atoms with Crippen molar-refractivity contribution in [2.45, 2.75) is 0 Å². The molecule has 0 bridgehead atoms. The third-order valence-corrected chi connectivity index (χ3v) is 2.48. The summed E-state index contributed by atoms with van der Waals surface area (Å²) in [4.78, 5) is 6.92. The van der Waals surface area contributed by atoms with E-state index < -0.39 is 0 Å². The largest absolute Gasteiger partial charge is 0.497 e. The molecule has 0 saturated carbocycles. The zero-order valence-corrected chi connectivity index (χ0v) is 14.3. The van der Waals surface area contributed by atoms with E-state index in [9.17, 15) is 0 Å². The predicted molar refractivity (Wildman–Crippen MR) is 77.1 cm³/mol. The number of nitrogens with zero attached hydrogens (tertiary/aromatic N) is 1. The molecular formula is C13H12KN2OS. The van der Waals surface area contributed by atoms with Crippen LogP contribution in [0.1, 0.15) is 11.3 Å². The van der Waals surface area contributed by atoms with Crippen LogP contribution in [0.25, 0.3) is 12.2 Å². The third kappa shape index (κ3) is 4.76. The van der Waals surface area contributed by atoms with Crippen molar-refractivity contribution in [3.63, 3.8) is 0 Å². The molecule has 3 nitrogen and oxygen atoms in total. The molecule has 1 N–H and O–H groups in total. The van der Waals surface area contributed by atoms with Gasteiger partial charge in [-0.05, 0) is 42.1 Å². The Morgan fingerprint density at radius 3 is 2.50 bits per heavy atom. The van der Waals surface area contributed by atoms with Crippen molar-refractivity contribution in [3.05, 3.63) is 52.6 Å². The molecular weight excluding hydrogens is 271 g/mol. The fourth-order valence-corrected chi connectivity index (χ4v) is 1.56. The van der Waals surface area contributed by atoms with Crippen molar-refractivity contribution in [2.75, 3.05) is 7.11 Å². The zero-order valence-electron chi connectivity index (χ0n) is 10.4. The molecule has 18 heavy (non-hydrogen) atoms. The van der Waals surface area contributed by atoms with Crippen molar-refractivity contribution in [3.8, 4) is 5.75 Å². The van der Waals surface area contributed by atoms with Gasteiger partial charge in [0.2, 0.25) is 0 Å². The monoisotopic (exact) mass is 283 g/mol. The minimum absolute atomic E-state index is 0. The zero-order chi connectivity index (χ0) is 12.1. The van der Waals surface area contributed by atoms with Gasteiger partial charge in [0.25, 0.3) is 0 Å². The molecule has 0 fully saturated rings. The molecule has 0 aliphatic rings. The Bertz CT molecular complexity index is 578. The maximum absolute atomic E-state index is 5.10. The first-order valence-electron chi connectivity index (χ1n) is 5.15. The van der Waals surface area contributed by atoms with Crippen molar-refractivity contribution in [1.29, 1.82) is 0 Å². The third-order valence-electron chi connectivity index (χ3n) is 2.27. The number of benzene rings is 1. The van der Waals surface area contributed by atoms with Gasteiger partial charge in [-0.15, -0.1) is 0 Å². The van der Waals surface area contributed by atoms with Crippen molar-refractivity contribution in [2.24, 2.45) is 0 Å². The van der Waals surface area contributed by atoms with E-state index in [1.165, 1.54) is 0 Å². The summed E-state index contributed by atoms with van der Waals surface area (Å²) in [5.74, 6) is 0.852. The van der Waals surface area contributed by atoms with Gasteiger partial charge in [0, 0.05) is 63.3 Å². The smallest absolute Gasteiger partial charge is 0.197 e. The number of aromatic amines is 1. The Hall–Kier alpha value is -0.304. The summed E-state index contributed by atoms with van der Waals surface area (Å²) in [6.45, 7) is 0.